The van der Waals surface area contributed by atoms with Crippen LogP contribution in [0.15, 0.2) is 18.2 Å². The molecular formula is C14H23FO3P+. The molecule has 3 nitrogen and oxygen atoms in total. The molecule has 1 aromatic rings. The zero-order valence-corrected chi connectivity index (χ0v) is 13.3. The molecule has 0 spiro atoms. The van der Waals surface area contributed by atoms with Crippen molar-refractivity contribution in [2.24, 2.45) is 0 Å². The number of halogens is 1. The van der Waals surface area contributed by atoms with E-state index in [-0.39, 0.29) is 16.6 Å². The van der Waals surface area contributed by atoms with Gasteiger partial charge in [0.2, 0.25) is 0 Å². The maximum Gasteiger partial charge on any atom is 0.663 e. The van der Waals surface area contributed by atoms with E-state index in [9.17, 15) is 4.20 Å². The standard InChI is InChI=1S/C14H23FO3P/c1-13(2,3)10-7-8-12(18-19(15,16)17)11(9-10)14(4,5)6/h7-9,16-17H,1-6H3/q+1. The summed E-state index contributed by atoms with van der Waals surface area (Å²) in [6.07, 6.45) is 0. The smallest absolute Gasteiger partial charge is 0.257 e. The number of hydrogen-bond acceptors (Lipinski definition) is 3. The van der Waals surface area contributed by atoms with Crippen LogP contribution in [0.5, 0.6) is 5.75 Å². The first-order valence-electron chi connectivity index (χ1n) is 6.19. The second kappa shape index (κ2) is 5.01. The van der Waals surface area contributed by atoms with E-state index in [0.29, 0.717) is 0 Å². The molecule has 0 aliphatic rings. The number of hydrogen-bond donors (Lipinski definition) is 2. The van der Waals surface area contributed by atoms with Gasteiger partial charge in [-0.1, -0.05) is 53.7 Å². The van der Waals surface area contributed by atoms with E-state index in [4.69, 9.17) is 9.79 Å². The maximum absolute atomic E-state index is 13.0. The van der Waals surface area contributed by atoms with Crippen molar-refractivity contribution in [3.05, 3.63) is 29.3 Å². The van der Waals surface area contributed by atoms with Crippen LogP contribution < -0.4 is 4.52 Å². The Labute approximate surface area is 115 Å². The topological polar surface area (TPSA) is 49.7 Å². The fraction of sp³-hybridized carbons (Fsp3) is 0.571. The fourth-order valence-corrected chi connectivity index (χ4v) is 2.20. The van der Waals surface area contributed by atoms with Crippen LogP contribution in [0.3, 0.4) is 0 Å². The van der Waals surface area contributed by atoms with Gasteiger partial charge in [-0.15, -0.1) is 0 Å². The van der Waals surface area contributed by atoms with Crippen molar-refractivity contribution in [1.29, 1.82) is 0 Å². The molecule has 0 saturated carbocycles. The van der Waals surface area contributed by atoms with Crippen molar-refractivity contribution in [3.63, 3.8) is 0 Å². The van der Waals surface area contributed by atoms with Crippen molar-refractivity contribution in [3.8, 4) is 5.75 Å². The molecular weight excluding hydrogens is 266 g/mol. The average molecular weight is 289 g/mol. The Morgan fingerprint density at radius 1 is 1.00 bits per heavy atom. The molecule has 0 aliphatic carbocycles. The van der Waals surface area contributed by atoms with Crippen LogP contribution in [0.4, 0.5) is 4.20 Å². The van der Waals surface area contributed by atoms with Crippen LogP contribution in [-0.2, 0) is 10.8 Å². The Balaban J connectivity index is 3.34. The minimum absolute atomic E-state index is 0.0428. The lowest BCUT2D eigenvalue weighted by molar-refractivity contribution is 0.282. The van der Waals surface area contributed by atoms with Crippen molar-refractivity contribution in [2.45, 2.75) is 52.4 Å². The molecule has 1 aromatic carbocycles. The summed E-state index contributed by atoms with van der Waals surface area (Å²) in [6, 6.07) is 5.35. The summed E-state index contributed by atoms with van der Waals surface area (Å²) >= 11 is 0. The molecule has 0 unspecified atom stereocenters. The predicted octanol–water partition coefficient (Wildman–Crippen LogP) is 4.29. The van der Waals surface area contributed by atoms with Crippen molar-refractivity contribution < 1.29 is 18.5 Å². The second-order valence-corrected chi connectivity index (χ2v) is 7.90. The molecule has 5 heteroatoms. The predicted molar refractivity (Wildman–Crippen MR) is 76.9 cm³/mol. The first-order valence-corrected chi connectivity index (χ1v) is 7.70. The molecule has 0 aliphatic heterocycles. The lowest BCUT2D eigenvalue weighted by Gasteiger charge is -2.26. The number of rotatable bonds is 2. The SMILES string of the molecule is CC(C)(C)c1ccc(O[P+](O)(O)F)c(C(C)(C)C)c1. The van der Waals surface area contributed by atoms with E-state index in [1.54, 1.807) is 6.07 Å². The summed E-state index contributed by atoms with van der Waals surface area (Å²) < 4.78 is 17.7. The summed E-state index contributed by atoms with van der Waals surface area (Å²) in [5.74, 6) is 0.182. The molecule has 0 bridgehead atoms. The van der Waals surface area contributed by atoms with Crippen LogP contribution in [0, 0.1) is 0 Å². The quantitative estimate of drug-likeness (QED) is 0.798. The molecule has 1 rings (SSSR count). The van der Waals surface area contributed by atoms with E-state index in [1.165, 1.54) is 0 Å². The van der Waals surface area contributed by atoms with Gasteiger partial charge in [-0.25, -0.2) is 0 Å². The van der Waals surface area contributed by atoms with Crippen molar-refractivity contribution >= 4 is 8.25 Å². The normalized spacial score (nSPS) is 13.5. The Morgan fingerprint density at radius 3 is 1.89 bits per heavy atom. The van der Waals surface area contributed by atoms with Crippen LogP contribution in [0.2, 0.25) is 0 Å². The van der Waals surface area contributed by atoms with Gasteiger partial charge in [-0.2, -0.15) is 9.79 Å². The highest BCUT2D eigenvalue weighted by Crippen LogP contribution is 2.54. The third-order valence-electron chi connectivity index (χ3n) is 2.87. The van der Waals surface area contributed by atoms with Gasteiger partial charge >= 0.3 is 8.25 Å². The minimum atomic E-state index is -4.79. The molecule has 0 radical (unpaired) electrons. The minimum Gasteiger partial charge on any atom is -0.257 e. The zero-order chi connectivity index (χ0) is 15.1. The molecule has 0 amide bonds. The Morgan fingerprint density at radius 2 is 1.53 bits per heavy atom. The van der Waals surface area contributed by atoms with E-state index < -0.39 is 8.25 Å². The van der Waals surface area contributed by atoms with Gasteiger partial charge in [0.25, 0.3) is 0 Å². The lowest BCUT2D eigenvalue weighted by Crippen LogP contribution is -2.17. The third kappa shape index (κ3) is 4.72. The first kappa shape index (κ1) is 16.4. The Bertz CT molecular complexity index is 453. The molecule has 2 N–H and O–H groups in total. The van der Waals surface area contributed by atoms with Crippen LogP contribution in [0.1, 0.15) is 52.7 Å². The summed E-state index contributed by atoms with van der Waals surface area (Å²) in [5.41, 5.74) is 1.51. The highest BCUT2D eigenvalue weighted by atomic mass is 31.3. The molecule has 0 saturated heterocycles. The lowest BCUT2D eigenvalue weighted by atomic mass is 9.80. The molecule has 0 aromatic heterocycles. The molecule has 108 valence electrons. The highest BCUT2D eigenvalue weighted by molar-refractivity contribution is 7.54. The van der Waals surface area contributed by atoms with Gasteiger partial charge in [-0.3, -0.25) is 4.52 Å². The second-order valence-electron chi connectivity index (χ2n) is 6.78. The Kier molecular flexibility index (Phi) is 4.31. The van der Waals surface area contributed by atoms with E-state index in [2.05, 4.69) is 25.3 Å². The third-order valence-corrected chi connectivity index (χ3v) is 3.30. The largest absolute Gasteiger partial charge is 0.663 e. The summed E-state index contributed by atoms with van der Waals surface area (Å²) in [6.45, 7) is 12.2. The molecule has 19 heavy (non-hydrogen) atoms. The van der Waals surface area contributed by atoms with Crippen molar-refractivity contribution in [2.75, 3.05) is 0 Å². The average Bonchev–Trinajstić information content (AvgIpc) is 2.11. The highest BCUT2D eigenvalue weighted by Gasteiger charge is 2.41. The van der Waals surface area contributed by atoms with E-state index in [0.717, 1.165) is 11.1 Å². The zero-order valence-electron chi connectivity index (χ0n) is 12.4. The van der Waals surface area contributed by atoms with E-state index >= 15 is 0 Å². The van der Waals surface area contributed by atoms with Crippen LogP contribution >= 0.6 is 8.25 Å². The van der Waals surface area contributed by atoms with Crippen molar-refractivity contribution in [1.82, 2.24) is 0 Å². The van der Waals surface area contributed by atoms with Gasteiger partial charge < -0.3 is 0 Å². The first-order chi connectivity index (χ1) is 8.31. The maximum atomic E-state index is 13.0. The van der Waals surface area contributed by atoms with Gasteiger partial charge in [-0.05, 0) is 22.5 Å². The Hall–Kier alpha value is -0.700. The van der Waals surface area contributed by atoms with Crippen LogP contribution in [-0.4, -0.2) is 9.79 Å². The van der Waals surface area contributed by atoms with Crippen LogP contribution in [0.25, 0.3) is 0 Å². The summed E-state index contributed by atoms with van der Waals surface area (Å²) in [5, 5.41) is 0. The molecule has 0 fully saturated rings. The summed E-state index contributed by atoms with van der Waals surface area (Å²) in [4.78, 5) is 17.7. The van der Waals surface area contributed by atoms with E-state index in [1.807, 2.05) is 32.9 Å². The fourth-order valence-electron chi connectivity index (χ4n) is 1.79. The van der Waals surface area contributed by atoms with Gasteiger partial charge in [0.05, 0.1) is 4.20 Å². The van der Waals surface area contributed by atoms with Gasteiger partial charge in [0.1, 0.15) is 0 Å². The van der Waals surface area contributed by atoms with Gasteiger partial charge in [0, 0.05) is 5.56 Å². The molecule has 0 heterocycles. The number of benzene rings is 1. The van der Waals surface area contributed by atoms with Gasteiger partial charge in [0.15, 0.2) is 5.75 Å². The molecule has 0 atom stereocenters. The summed E-state index contributed by atoms with van der Waals surface area (Å²) in [7, 11) is -4.79. The monoisotopic (exact) mass is 289 g/mol.